The highest BCUT2D eigenvalue weighted by Crippen LogP contribution is 2.19. The summed E-state index contributed by atoms with van der Waals surface area (Å²) in [5.74, 6) is -1.26. The Morgan fingerprint density at radius 3 is 1.10 bits per heavy atom. The van der Waals surface area contributed by atoms with Crippen LogP contribution in [0.2, 0.25) is 0 Å². The van der Waals surface area contributed by atoms with Crippen LogP contribution in [0.4, 0.5) is 0 Å². The average molecular weight is 714 g/mol. The van der Waals surface area contributed by atoms with E-state index in [1.165, 1.54) is 7.11 Å². The third-order valence-corrected chi connectivity index (χ3v) is 8.31. The Morgan fingerprint density at radius 1 is 0.540 bits per heavy atom. The van der Waals surface area contributed by atoms with Crippen LogP contribution in [0.15, 0.2) is 0 Å². The summed E-state index contributed by atoms with van der Waals surface area (Å²) in [7, 11) is 1.42. The number of aliphatic hydroxyl groups is 1. The van der Waals surface area contributed by atoms with Crippen LogP contribution < -0.4 is 0 Å². The quantitative estimate of drug-likeness (QED) is 0.244. The molecule has 0 aliphatic carbocycles. The molecule has 2 heterocycles. The van der Waals surface area contributed by atoms with Crippen molar-refractivity contribution < 1.29 is 43.2 Å². The summed E-state index contributed by atoms with van der Waals surface area (Å²) in [6, 6.07) is 0. The lowest BCUT2D eigenvalue weighted by Crippen LogP contribution is -2.51. The van der Waals surface area contributed by atoms with Gasteiger partial charge in [0.05, 0.1) is 38.8 Å². The molecule has 0 aromatic heterocycles. The summed E-state index contributed by atoms with van der Waals surface area (Å²) in [4.78, 5) is 61.2. The van der Waals surface area contributed by atoms with E-state index in [0.29, 0.717) is 91.4 Å². The zero-order chi connectivity index (χ0) is 37.7. The van der Waals surface area contributed by atoms with Crippen molar-refractivity contribution in [3.8, 4) is 0 Å². The van der Waals surface area contributed by atoms with E-state index < -0.39 is 22.9 Å². The van der Waals surface area contributed by atoms with E-state index in [0.717, 1.165) is 0 Å². The maximum Gasteiger partial charge on any atom is 0.320 e. The van der Waals surface area contributed by atoms with Crippen LogP contribution in [0.5, 0.6) is 0 Å². The predicted molar refractivity (Wildman–Crippen MR) is 190 cm³/mol. The highest BCUT2D eigenvalue weighted by Gasteiger charge is 2.29. The van der Waals surface area contributed by atoms with Gasteiger partial charge in [0.2, 0.25) is 0 Å². The van der Waals surface area contributed by atoms with E-state index >= 15 is 0 Å². The number of piperidine rings is 1. The zero-order valence-electron chi connectivity index (χ0n) is 32.6. The van der Waals surface area contributed by atoms with Gasteiger partial charge in [-0.2, -0.15) is 0 Å². The van der Waals surface area contributed by atoms with E-state index in [1.54, 1.807) is 0 Å². The monoisotopic (exact) mass is 713 g/mol. The molecule has 50 heavy (non-hydrogen) atoms. The first-order valence-corrected chi connectivity index (χ1v) is 18.1. The fourth-order valence-corrected chi connectivity index (χ4v) is 6.08. The molecule has 0 saturated carbocycles. The highest BCUT2D eigenvalue weighted by molar-refractivity contribution is 5.73. The maximum atomic E-state index is 12.9. The fourth-order valence-electron chi connectivity index (χ4n) is 6.08. The van der Waals surface area contributed by atoms with Crippen LogP contribution in [0.3, 0.4) is 0 Å². The number of esters is 4. The molecule has 2 saturated heterocycles. The number of likely N-dealkylation sites (tertiary alicyclic amines) is 1. The number of hydrogen-bond acceptors (Lipinski definition) is 14. The van der Waals surface area contributed by atoms with E-state index in [-0.39, 0.29) is 49.4 Å². The molecule has 14 nitrogen and oxygen atoms in total. The van der Waals surface area contributed by atoms with Crippen LogP contribution in [0.1, 0.15) is 75.2 Å². The van der Waals surface area contributed by atoms with Gasteiger partial charge in [-0.1, -0.05) is 0 Å². The first-order valence-electron chi connectivity index (χ1n) is 18.1. The Balaban J connectivity index is 2.23. The van der Waals surface area contributed by atoms with Crippen molar-refractivity contribution in [3.05, 3.63) is 0 Å². The lowest BCUT2D eigenvalue weighted by Gasteiger charge is -2.36. The van der Waals surface area contributed by atoms with Crippen LogP contribution in [-0.2, 0) is 38.1 Å². The Morgan fingerprint density at radius 2 is 0.820 bits per heavy atom. The van der Waals surface area contributed by atoms with Gasteiger partial charge in [0.1, 0.15) is 16.8 Å². The molecule has 2 aliphatic heterocycles. The predicted octanol–water partition coefficient (Wildman–Crippen LogP) is 1.48. The van der Waals surface area contributed by atoms with Gasteiger partial charge in [-0.05, 0) is 88.2 Å². The third kappa shape index (κ3) is 19.3. The molecule has 290 valence electrons. The minimum absolute atomic E-state index is 0.0764. The summed E-state index contributed by atoms with van der Waals surface area (Å²) in [6.07, 6.45) is 0.765. The summed E-state index contributed by atoms with van der Waals surface area (Å²) >= 11 is 0. The van der Waals surface area contributed by atoms with E-state index in [2.05, 4.69) is 9.80 Å². The van der Waals surface area contributed by atoms with Crippen LogP contribution >= 0.6 is 0 Å². The molecular formula is C36H67N5O9. The smallest absolute Gasteiger partial charge is 0.320 e. The van der Waals surface area contributed by atoms with Crippen molar-refractivity contribution in [3.63, 3.8) is 0 Å². The summed E-state index contributed by atoms with van der Waals surface area (Å²) < 4.78 is 21.8. The van der Waals surface area contributed by atoms with Gasteiger partial charge < -0.3 is 29.0 Å². The number of rotatable bonds is 11. The Kier molecular flexibility index (Phi) is 17.5. The van der Waals surface area contributed by atoms with Crippen LogP contribution in [0.25, 0.3) is 0 Å². The minimum atomic E-state index is -0.638. The lowest BCUT2D eigenvalue weighted by molar-refractivity contribution is -0.158. The van der Waals surface area contributed by atoms with Gasteiger partial charge in [-0.25, -0.2) is 0 Å². The molecule has 0 aromatic carbocycles. The number of ether oxygens (including phenoxy) is 4. The molecule has 1 N–H and O–H groups in total. The average Bonchev–Trinajstić information content (AvgIpc) is 2.95. The van der Waals surface area contributed by atoms with Gasteiger partial charge in [0, 0.05) is 65.4 Å². The molecular weight excluding hydrogens is 646 g/mol. The Hall–Kier alpha value is -2.36. The molecule has 0 bridgehead atoms. The van der Waals surface area contributed by atoms with E-state index in [9.17, 15) is 24.3 Å². The zero-order valence-corrected chi connectivity index (χ0v) is 32.6. The topological polar surface area (TPSA) is 142 Å². The number of hydrogen-bond donors (Lipinski definition) is 1. The molecule has 0 aromatic rings. The van der Waals surface area contributed by atoms with Gasteiger partial charge >= 0.3 is 23.9 Å². The molecule has 2 aliphatic rings. The first kappa shape index (κ1) is 43.8. The summed E-state index contributed by atoms with van der Waals surface area (Å²) in [5.41, 5.74) is -1.86. The second kappa shape index (κ2) is 20.0. The molecule has 2 rings (SSSR count). The highest BCUT2D eigenvalue weighted by atomic mass is 16.6. The van der Waals surface area contributed by atoms with E-state index in [1.807, 2.05) is 77.0 Å². The molecule has 0 spiro atoms. The SMILES string of the molecule is COC(=O)C1CCN(CC(O)CN2CCN(CC(=O)OC(C)(C)C)CCN(CC(=O)OC(C)(C)C)CCN(CC(=O)OC(C)(C)C)CC2)CC1. The normalized spacial score (nSPS) is 20.3. The van der Waals surface area contributed by atoms with Gasteiger partial charge in [-0.15, -0.1) is 0 Å². The maximum absolute atomic E-state index is 12.9. The fraction of sp³-hybridized carbons (Fsp3) is 0.889. The first-order chi connectivity index (χ1) is 23.1. The van der Waals surface area contributed by atoms with Crippen molar-refractivity contribution in [2.75, 3.05) is 105 Å². The number of aliphatic hydroxyl groups excluding tert-OH is 1. The van der Waals surface area contributed by atoms with Crippen molar-refractivity contribution in [2.45, 2.75) is 98.1 Å². The standard InChI is InChI=1S/C36H67N5O9/c1-34(2,3)48-30(43)25-39-17-15-38(24-29(42)23-37-13-11-28(12-14-37)33(46)47-10)16-18-40(26-31(44)49-35(4,5)6)20-22-41(21-19-39)27-32(45)50-36(7,8)9/h28-29,42H,11-27H2,1-10H3. The molecule has 0 radical (unpaired) electrons. The summed E-state index contributed by atoms with van der Waals surface area (Å²) in [6.45, 7) is 23.3. The molecule has 2 fully saturated rings. The number of methoxy groups -OCH3 is 1. The number of carbonyl (C=O) groups is 4. The van der Waals surface area contributed by atoms with E-state index in [4.69, 9.17) is 18.9 Å². The van der Waals surface area contributed by atoms with Crippen molar-refractivity contribution >= 4 is 23.9 Å². The van der Waals surface area contributed by atoms with Gasteiger partial charge in [-0.3, -0.25) is 38.8 Å². The van der Waals surface area contributed by atoms with Crippen molar-refractivity contribution in [1.82, 2.24) is 24.5 Å². The Labute approximate surface area is 300 Å². The van der Waals surface area contributed by atoms with Gasteiger partial charge in [0.15, 0.2) is 0 Å². The summed E-state index contributed by atoms with van der Waals surface area (Å²) in [5, 5.41) is 11.2. The number of nitrogens with zero attached hydrogens (tertiary/aromatic N) is 5. The van der Waals surface area contributed by atoms with Gasteiger partial charge in [0.25, 0.3) is 0 Å². The number of β-amino-alcohol motifs (C(OH)–C–C–N with tert-alkyl or cyclic N) is 1. The molecule has 0 amide bonds. The minimum Gasteiger partial charge on any atom is -0.469 e. The number of carbonyl (C=O) groups excluding carboxylic acids is 4. The van der Waals surface area contributed by atoms with Crippen molar-refractivity contribution in [2.24, 2.45) is 5.92 Å². The third-order valence-electron chi connectivity index (χ3n) is 8.31. The largest absolute Gasteiger partial charge is 0.469 e. The molecule has 1 atom stereocenters. The van der Waals surface area contributed by atoms with Crippen LogP contribution in [0, 0.1) is 5.92 Å². The second-order valence-electron chi connectivity index (χ2n) is 16.6. The second-order valence-corrected chi connectivity index (χ2v) is 16.6. The lowest BCUT2D eigenvalue weighted by atomic mass is 9.97. The molecule has 1 unspecified atom stereocenters. The van der Waals surface area contributed by atoms with Crippen LogP contribution in [-0.4, -0.2) is 182 Å². The van der Waals surface area contributed by atoms with Crippen molar-refractivity contribution in [1.29, 1.82) is 0 Å². The Bertz CT molecular complexity index is 1030. The molecule has 14 heteroatoms.